The maximum atomic E-state index is 11.3. The molecule has 21 heavy (non-hydrogen) atoms. The van der Waals surface area contributed by atoms with Crippen LogP contribution >= 0.6 is 0 Å². The van der Waals surface area contributed by atoms with Crippen LogP contribution in [0.5, 0.6) is 0 Å². The van der Waals surface area contributed by atoms with Crippen molar-refractivity contribution in [2.75, 3.05) is 5.73 Å². The summed E-state index contributed by atoms with van der Waals surface area (Å²) in [5.41, 5.74) is 7.63. The van der Waals surface area contributed by atoms with E-state index in [0.29, 0.717) is 21.2 Å². The van der Waals surface area contributed by atoms with E-state index < -0.39 is 4.92 Å². The fourth-order valence-corrected chi connectivity index (χ4v) is 2.13. The lowest BCUT2D eigenvalue weighted by Crippen LogP contribution is -2.24. The van der Waals surface area contributed by atoms with Crippen LogP contribution in [0.2, 0.25) is 0 Å². The third-order valence-corrected chi connectivity index (χ3v) is 3.16. The summed E-state index contributed by atoms with van der Waals surface area (Å²) in [7, 11) is 0. The van der Waals surface area contributed by atoms with E-state index in [1.807, 2.05) is 0 Å². The van der Waals surface area contributed by atoms with Crippen LogP contribution in [0, 0.1) is 15.3 Å². The standard InChI is InChI=1S/C14H10N4O3/c15-12-3-1-10(6-14(12)18(20)21)9-2-4-13-11(5-9)7-17(19)8-16-13/h1-8H,15H2. The van der Waals surface area contributed by atoms with Gasteiger partial charge in [-0.3, -0.25) is 10.1 Å². The third-order valence-electron chi connectivity index (χ3n) is 3.16. The number of hydrogen-bond acceptors (Lipinski definition) is 5. The molecule has 0 radical (unpaired) electrons. The van der Waals surface area contributed by atoms with E-state index in [9.17, 15) is 15.3 Å². The molecule has 1 heterocycles. The summed E-state index contributed by atoms with van der Waals surface area (Å²) in [5.74, 6) is 0. The van der Waals surface area contributed by atoms with E-state index in [0.717, 1.165) is 5.56 Å². The van der Waals surface area contributed by atoms with Gasteiger partial charge in [0, 0.05) is 6.07 Å². The Morgan fingerprint density at radius 1 is 1.14 bits per heavy atom. The van der Waals surface area contributed by atoms with Gasteiger partial charge in [0.15, 0.2) is 5.52 Å². The predicted molar refractivity (Wildman–Crippen MR) is 77.2 cm³/mol. The van der Waals surface area contributed by atoms with Crippen molar-refractivity contribution < 1.29 is 9.65 Å². The van der Waals surface area contributed by atoms with Crippen molar-refractivity contribution in [1.29, 1.82) is 0 Å². The lowest BCUT2D eigenvalue weighted by Gasteiger charge is -2.05. The monoisotopic (exact) mass is 282 g/mol. The van der Waals surface area contributed by atoms with Gasteiger partial charge in [0.25, 0.3) is 12.0 Å². The molecule has 0 aliphatic carbocycles. The number of nitrogen functional groups attached to an aromatic ring is 1. The first-order valence-corrected chi connectivity index (χ1v) is 6.07. The molecule has 0 aliphatic heterocycles. The van der Waals surface area contributed by atoms with Gasteiger partial charge >= 0.3 is 0 Å². The van der Waals surface area contributed by atoms with E-state index in [1.54, 1.807) is 24.3 Å². The molecule has 0 saturated carbocycles. The van der Waals surface area contributed by atoms with Crippen LogP contribution in [0.15, 0.2) is 48.9 Å². The first-order chi connectivity index (χ1) is 10.0. The summed E-state index contributed by atoms with van der Waals surface area (Å²) in [5, 5.41) is 22.9. The summed E-state index contributed by atoms with van der Waals surface area (Å²) in [6, 6.07) is 9.91. The molecule has 0 fully saturated rings. The molecular weight excluding hydrogens is 272 g/mol. The number of nitrogens with zero attached hydrogens (tertiary/aromatic N) is 3. The molecule has 0 saturated heterocycles. The van der Waals surface area contributed by atoms with E-state index in [4.69, 9.17) is 5.73 Å². The van der Waals surface area contributed by atoms with Crippen LogP contribution in [0.1, 0.15) is 0 Å². The highest BCUT2D eigenvalue weighted by molar-refractivity contribution is 5.84. The number of benzene rings is 2. The number of anilines is 1. The fraction of sp³-hybridized carbons (Fsp3) is 0. The predicted octanol–water partition coefficient (Wildman–Crippen LogP) is 2.03. The Balaban J connectivity index is 2.16. The number of hydrogen-bond donors (Lipinski definition) is 1. The number of nitro groups is 1. The van der Waals surface area contributed by atoms with Crippen molar-refractivity contribution in [3.8, 4) is 11.1 Å². The second-order valence-electron chi connectivity index (χ2n) is 4.54. The first-order valence-electron chi connectivity index (χ1n) is 6.07. The molecule has 7 heteroatoms. The van der Waals surface area contributed by atoms with Crippen molar-refractivity contribution >= 4 is 22.3 Å². The molecule has 3 aromatic rings. The lowest BCUT2D eigenvalue weighted by molar-refractivity contribution is -0.607. The number of nitrogens with two attached hydrogens (primary N) is 1. The van der Waals surface area contributed by atoms with Crippen molar-refractivity contribution in [2.24, 2.45) is 0 Å². The first kappa shape index (κ1) is 12.8. The van der Waals surface area contributed by atoms with Crippen molar-refractivity contribution in [1.82, 2.24) is 4.98 Å². The van der Waals surface area contributed by atoms with Crippen molar-refractivity contribution in [3.63, 3.8) is 0 Å². The molecule has 2 N–H and O–H groups in total. The second-order valence-corrected chi connectivity index (χ2v) is 4.54. The second kappa shape index (κ2) is 4.71. The molecule has 0 spiro atoms. The average Bonchev–Trinajstić information content (AvgIpc) is 2.46. The Hall–Kier alpha value is -3.22. The number of fused-ring (bicyclic) bond motifs is 1. The molecule has 7 nitrogen and oxygen atoms in total. The molecule has 0 unspecified atom stereocenters. The van der Waals surface area contributed by atoms with Gasteiger partial charge in [-0.2, -0.15) is 0 Å². The Kier molecular flexibility index (Phi) is 2.87. The summed E-state index contributed by atoms with van der Waals surface area (Å²) in [4.78, 5) is 14.4. The third kappa shape index (κ3) is 2.32. The minimum absolute atomic E-state index is 0.114. The Labute approximate surface area is 119 Å². The van der Waals surface area contributed by atoms with Gasteiger partial charge < -0.3 is 10.9 Å². The molecule has 0 bridgehead atoms. The topological polar surface area (TPSA) is 109 Å². The van der Waals surface area contributed by atoms with E-state index in [2.05, 4.69) is 4.98 Å². The van der Waals surface area contributed by atoms with Crippen LogP contribution in [-0.4, -0.2) is 9.91 Å². The summed E-state index contributed by atoms with van der Waals surface area (Å²) in [6.45, 7) is 0. The minimum atomic E-state index is -0.521. The van der Waals surface area contributed by atoms with Crippen molar-refractivity contribution in [3.05, 3.63) is 64.2 Å². The van der Waals surface area contributed by atoms with Crippen molar-refractivity contribution in [2.45, 2.75) is 0 Å². The zero-order chi connectivity index (χ0) is 15.0. The normalized spacial score (nSPS) is 10.7. The Bertz CT molecular complexity index is 864. The summed E-state index contributed by atoms with van der Waals surface area (Å²) in [6.07, 6.45) is 2.58. The molecule has 3 rings (SSSR count). The van der Waals surface area contributed by atoms with Gasteiger partial charge in [-0.15, -0.1) is 0 Å². The van der Waals surface area contributed by atoms with Gasteiger partial charge in [-0.05, 0) is 40.4 Å². The molecule has 1 aromatic heterocycles. The Morgan fingerprint density at radius 2 is 1.86 bits per heavy atom. The molecule has 0 atom stereocenters. The highest BCUT2D eigenvalue weighted by Crippen LogP contribution is 2.29. The van der Waals surface area contributed by atoms with E-state index in [1.165, 1.54) is 24.7 Å². The molecule has 0 amide bonds. The number of nitro benzene ring substituents is 1. The van der Waals surface area contributed by atoms with Gasteiger partial charge in [0.1, 0.15) is 11.9 Å². The summed E-state index contributed by atoms with van der Waals surface area (Å²) < 4.78 is 0.609. The average molecular weight is 282 g/mol. The highest BCUT2D eigenvalue weighted by Gasteiger charge is 2.13. The summed E-state index contributed by atoms with van der Waals surface area (Å²) >= 11 is 0. The Morgan fingerprint density at radius 3 is 2.62 bits per heavy atom. The van der Waals surface area contributed by atoms with Gasteiger partial charge in [0.05, 0.1) is 10.3 Å². The highest BCUT2D eigenvalue weighted by atomic mass is 16.6. The van der Waals surface area contributed by atoms with E-state index in [-0.39, 0.29) is 11.4 Å². The number of rotatable bonds is 2. The van der Waals surface area contributed by atoms with Crippen LogP contribution in [0.3, 0.4) is 0 Å². The molecular formula is C14H10N4O3. The molecule has 0 aliphatic rings. The van der Waals surface area contributed by atoms with Crippen LogP contribution in [0.25, 0.3) is 22.0 Å². The zero-order valence-corrected chi connectivity index (χ0v) is 10.8. The van der Waals surface area contributed by atoms with Gasteiger partial charge in [-0.25, -0.2) is 4.73 Å². The largest absolute Gasteiger partial charge is 0.711 e. The van der Waals surface area contributed by atoms with Gasteiger partial charge in [0.2, 0.25) is 0 Å². The van der Waals surface area contributed by atoms with Crippen LogP contribution in [0.4, 0.5) is 11.4 Å². The maximum absolute atomic E-state index is 11.3. The zero-order valence-electron chi connectivity index (χ0n) is 10.8. The smallest absolute Gasteiger partial charge is 0.292 e. The minimum Gasteiger partial charge on any atom is -0.711 e. The SMILES string of the molecule is Nc1ccc(-c2ccc3nc[n+]([O-])cc3c2)cc1[N+](=O)[O-]. The molecule has 2 aromatic carbocycles. The molecule has 104 valence electrons. The van der Waals surface area contributed by atoms with E-state index >= 15 is 0 Å². The quantitative estimate of drug-likeness (QED) is 0.254. The fourth-order valence-electron chi connectivity index (χ4n) is 2.13. The van der Waals surface area contributed by atoms with Gasteiger partial charge in [-0.1, -0.05) is 6.07 Å². The van der Waals surface area contributed by atoms with Crippen LogP contribution in [-0.2, 0) is 0 Å². The van der Waals surface area contributed by atoms with Crippen LogP contribution < -0.4 is 10.5 Å². The number of aromatic nitrogens is 2. The lowest BCUT2D eigenvalue weighted by atomic mass is 10.0. The maximum Gasteiger partial charge on any atom is 0.292 e.